The van der Waals surface area contributed by atoms with Gasteiger partial charge in [-0.2, -0.15) is 51.6 Å². The molecule has 5 aromatic rings. The summed E-state index contributed by atoms with van der Waals surface area (Å²) < 4.78 is 82.3. The molecule has 0 bridgehead atoms. The number of halogens is 6. The van der Waals surface area contributed by atoms with Gasteiger partial charge in [0.05, 0.1) is 23.7 Å². The maximum atomic E-state index is 14.3. The van der Waals surface area contributed by atoms with Crippen LogP contribution in [0.3, 0.4) is 0 Å². The van der Waals surface area contributed by atoms with E-state index in [1.54, 1.807) is 86.8 Å². The highest BCUT2D eigenvalue weighted by Gasteiger charge is 2.41. The zero-order valence-corrected chi connectivity index (χ0v) is 47.4. The highest BCUT2D eigenvalue weighted by atomic mass is 32.1. The summed E-state index contributed by atoms with van der Waals surface area (Å²) >= 11 is 8.52. The molecular weight excluding hydrogens is 1150 g/mol. The number of benzene rings is 4. The molecule has 1 aliphatic rings. The minimum absolute atomic E-state index is 0.00169. The summed E-state index contributed by atoms with van der Waals surface area (Å²) in [4.78, 5) is 115. The van der Waals surface area contributed by atoms with E-state index in [2.05, 4.69) is 67.5 Å². The highest BCUT2D eigenvalue weighted by molar-refractivity contribution is 7.80. The number of thiol groups is 2. The molecule has 0 unspecified atom stereocenters. The lowest BCUT2D eigenvalue weighted by Crippen LogP contribution is -2.60. The number of carbonyl (C=O) groups is 8. The van der Waals surface area contributed by atoms with Crippen molar-refractivity contribution >= 4 is 83.4 Å². The molecule has 6 rings (SSSR count). The lowest BCUT2D eigenvalue weighted by Gasteiger charge is -2.30. The number of nitrogens with two attached hydrogens (primary N) is 1. The second kappa shape index (κ2) is 29.6. The van der Waals surface area contributed by atoms with Gasteiger partial charge in [0.25, 0.3) is 0 Å². The van der Waals surface area contributed by atoms with Crippen LogP contribution < -0.4 is 43.0 Å². The van der Waals surface area contributed by atoms with E-state index < -0.39 is 132 Å². The van der Waals surface area contributed by atoms with Gasteiger partial charge in [-0.1, -0.05) is 74.5 Å². The van der Waals surface area contributed by atoms with Crippen LogP contribution in [0, 0.1) is 5.92 Å². The number of alkyl halides is 6. The molecule has 4 aromatic carbocycles. The van der Waals surface area contributed by atoms with Crippen molar-refractivity contribution in [1.29, 1.82) is 0 Å². The molecule has 19 nitrogen and oxygen atoms in total. The SMILES string of the molecule is CC(C)C[C@H](NC(=O)[C@@H]1CCCN1C(=O)[C@H](CS)NC(=O)[C@H](Cc1ccccc1)NC(=O)CNC(=O)[C@@H](CS)NC(=O)[C@@H](N)Cc1ccc(O)cc1)C(=O)N[C@@H](Cc1c[nH]c2ccccc12)C(=O)NCc1cc(C(F)(F)F)cc(C(F)(F)F)c1. The van der Waals surface area contributed by atoms with Crippen LogP contribution in [0.1, 0.15) is 66.5 Å². The molecule has 8 amide bonds. The van der Waals surface area contributed by atoms with E-state index in [9.17, 15) is 69.8 Å². The number of hydrogen-bond acceptors (Lipinski definition) is 12. The summed E-state index contributed by atoms with van der Waals surface area (Å²) in [7, 11) is 0. The van der Waals surface area contributed by atoms with Gasteiger partial charge in [0.1, 0.15) is 42.0 Å². The molecule has 1 fully saturated rings. The van der Waals surface area contributed by atoms with Crippen LogP contribution in [0.4, 0.5) is 26.3 Å². The van der Waals surface area contributed by atoms with Gasteiger partial charge in [-0.15, -0.1) is 0 Å². The second-order valence-electron chi connectivity index (χ2n) is 20.6. The van der Waals surface area contributed by atoms with Gasteiger partial charge in [-0.3, -0.25) is 38.4 Å². The highest BCUT2D eigenvalue weighted by Crippen LogP contribution is 2.36. The largest absolute Gasteiger partial charge is 0.508 e. The number of phenols is 1. The van der Waals surface area contributed by atoms with Crippen molar-refractivity contribution in [2.75, 3.05) is 24.6 Å². The van der Waals surface area contributed by atoms with Gasteiger partial charge in [-0.25, -0.2) is 0 Å². The number of likely N-dealkylation sites (tertiary alicyclic amines) is 1. The second-order valence-corrected chi connectivity index (χ2v) is 21.4. The number of aromatic hydroxyl groups is 1. The van der Waals surface area contributed by atoms with Crippen molar-refractivity contribution in [2.24, 2.45) is 11.7 Å². The zero-order chi connectivity index (χ0) is 61.5. The smallest absolute Gasteiger partial charge is 0.416 e. The number of aromatic nitrogens is 1. The summed E-state index contributed by atoms with van der Waals surface area (Å²) in [6, 6.07) is 13.5. The Morgan fingerprint density at radius 1 is 0.643 bits per heavy atom. The molecule has 0 saturated carbocycles. The van der Waals surface area contributed by atoms with E-state index in [0.717, 1.165) is 0 Å². The van der Waals surface area contributed by atoms with Gasteiger partial charge in [-0.05, 0) is 90.3 Å². The quantitative estimate of drug-likeness (QED) is 0.0279. The standard InChI is InChI=1S/C57H66F6N10O9S2/c1-31(2)19-42(52(79)69-44(24-35-27-65-41-12-7-6-11-39(35)41)50(77)66-26-34-20-36(56(58,59)60)25-37(21-34)57(61,62)63)70-54(81)47-13-8-18-73(47)55(82)46(30-84)72-53(80)43(23-32-9-4-3-5-10-32)68-48(75)28-67-51(78)45(29-83)71-49(76)40(64)22-33-14-16-38(74)17-15-33/h3-7,9-12,14-17,20-21,25,27,31,40,42-47,65,74,83-84H,8,13,18-19,22-24,26,28-30,64H2,1-2H3,(H,66,77)(H,67,78)(H,68,75)(H,69,79)(H,70,81)(H,71,76)(H,72,80)/t40-,42-,43-,44-,45+,46-,47-/m0/s1. The Labute approximate surface area is 490 Å². The first-order valence-electron chi connectivity index (χ1n) is 26.7. The number of carbonyl (C=O) groups excluding carboxylic acids is 8. The Morgan fingerprint density at radius 3 is 1.85 bits per heavy atom. The Morgan fingerprint density at radius 2 is 1.21 bits per heavy atom. The molecule has 0 aliphatic carbocycles. The van der Waals surface area contributed by atoms with E-state index in [0.29, 0.717) is 46.1 Å². The number of aromatic amines is 1. The first kappa shape index (κ1) is 65.4. The third-order valence-corrected chi connectivity index (χ3v) is 14.5. The van der Waals surface area contributed by atoms with Crippen molar-refractivity contribution in [1.82, 2.24) is 47.1 Å². The molecule has 27 heteroatoms. The normalized spacial score (nSPS) is 15.7. The minimum Gasteiger partial charge on any atom is -0.508 e. The number of fused-ring (bicyclic) bond motifs is 1. The molecule has 0 spiro atoms. The molecule has 0 radical (unpaired) electrons. The Balaban J connectivity index is 1.12. The molecular formula is C57H66F6N10O9S2. The lowest BCUT2D eigenvalue weighted by atomic mass is 10.00. The first-order valence-corrected chi connectivity index (χ1v) is 28.0. The fourth-order valence-corrected chi connectivity index (χ4v) is 9.92. The average Bonchev–Trinajstić information content (AvgIpc) is 4.13. The van der Waals surface area contributed by atoms with E-state index in [4.69, 9.17) is 5.73 Å². The molecule has 2 heterocycles. The van der Waals surface area contributed by atoms with Crippen LogP contribution >= 0.6 is 25.3 Å². The summed E-state index contributed by atoms with van der Waals surface area (Å²) in [5, 5.41) is 28.1. The average molecular weight is 1210 g/mol. The zero-order valence-electron chi connectivity index (χ0n) is 45.6. The first-order chi connectivity index (χ1) is 39.7. The number of nitrogens with one attached hydrogen (secondary N) is 8. The van der Waals surface area contributed by atoms with Crippen molar-refractivity contribution in [3.05, 3.63) is 137 Å². The molecule has 1 aromatic heterocycles. The van der Waals surface area contributed by atoms with Crippen LogP contribution in [0.15, 0.2) is 103 Å². The maximum Gasteiger partial charge on any atom is 0.416 e. The number of phenolic OH excluding ortho intramolecular Hbond substituents is 1. The van der Waals surface area contributed by atoms with Gasteiger partial charge < -0.3 is 57.9 Å². The number of rotatable bonds is 26. The van der Waals surface area contributed by atoms with E-state index in [-0.39, 0.29) is 67.9 Å². The minimum atomic E-state index is -5.15. The summed E-state index contributed by atoms with van der Waals surface area (Å²) in [6.07, 6.45) is -8.47. The molecule has 452 valence electrons. The fourth-order valence-electron chi connectivity index (χ4n) is 9.41. The molecule has 11 N–H and O–H groups in total. The molecule has 7 atom stereocenters. The topological polar surface area (TPSA) is 286 Å². The third kappa shape index (κ3) is 18.6. The van der Waals surface area contributed by atoms with Crippen molar-refractivity contribution < 1.29 is 69.8 Å². The number of nitrogens with zero attached hydrogens (tertiary/aromatic N) is 1. The van der Waals surface area contributed by atoms with Crippen molar-refractivity contribution in [2.45, 2.75) is 114 Å². The van der Waals surface area contributed by atoms with Crippen LogP contribution in [-0.2, 0) is 76.5 Å². The van der Waals surface area contributed by atoms with E-state index >= 15 is 0 Å². The predicted octanol–water partition coefficient (Wildman–Crippen LogP) is 4.02. The third-order valence-electron chi connectivity index (χ3n) is 13.7. The Bertz CT molecular complexity index is 3100. The lowest BCUT2D eigenvalue weighted by molar-refractivity contribution is -0.143. The molecule has 84 heavy (non-hydrogen) atoms. The predicted molar refractivity (Wildman–Crippen MR) is 305 cm³/mol. The summed E-state index contributed by atoms with van der Waals surface area (Å²) in [5.41, 5.74) is 4.82. The fraction of sp³-hybridized carbons (Fsp3) is 0.404. The maximum absolute atomic E-state index is 14.3. The van der Waals surface area contributed by atoms with Gasteiger partial charge >= 0.3 is 12.4 Å². The number of amides is 8. The summed E-state index contributed by atoms with van der Waals surface area (Å²) in [5.74, 6) is -7.11. The Kier molecular flexibility index (Phi) is 23.1. The van der Waals surface area contributed by atoms with Crippen molar-refractivity contribution in [3.63, 3.8) is 0 Å². The van der Waals surface area contributed by atoms with Crippen LogP contribution in [0.2, 0.25) is 0 Å². The van der Waals surface area contributed by atoms with Crippen molar-refractivity contribution in [3.8, 4) is 5.75 Å². The van der Waals surface area contributed by atoms with E-state index in [1.807, 2.05) is 0 Å². The van der Waals surface area contributed by atoms with Gasteiger partial charge in [0, 0.05) is 54.5 Å². The van der Waals surface area contributed by atoms with Crippen LogP contribution in [0.25, 0.3) is 10.9 Å². The molecule has 1 aliphatic heterocycles. The van der Waals surface area contributed by atoms with E-state index in [1.165, 1.54) is 17.0 Å². The Hall–Kier alpha value is -7.78. The number of hydrogen-bond donors (Lipinski definition) is 12. The monoisotopic (exact) mass is 1210 g/mol. The van der Waals surface area contributed by atoms with Gasteiger partial charge in [0.2, 0.25) is 47.3 Å². The number of para-hydroxylation sites is 1. The summed E-state index contributed by atoms with van der Waals surface area (Å²) in [6.45, 7) is 2.11. The van der Waals surface area contributed by atoms with Crippen LogP contribution in [0.5, 0.6) is 5.75 Å². The van der Waals surface area contributed by atoms with Crippen LogP contribution in [-0.4, -0.2) is 129 Å². The molecule has 1 saturated heterocycles. The van der Waals surface area contributed by atoms with Gasteiger partial charge in [0.15, 0.2) is 0 Å². The number of H-pyrrole nitrogens is 1.